The Morgan fingerprint density at radius 1 is 0.821 bits per heavy atom. The van der Waals surface area contributed by atoms with E-state index in [1.54, 1.807) is 11.3 Å². The van der Waals surface area contributed by atoms with Gasteiger partial charge in [-0.3, -0.25) is 4.79 Å². The number of amides is 1. The van der Waals surface area contributed by atoms with E-state index in [9.17, 15) is 13.6 Å². The summed E-state index contributed by atoms with van der Waals surface area (Å²) < 4.78 is 27.0. The van der Waals surface area contributed by atoms with Gasteiger partial charge in [0.15, 0.2) is 0 Å². The highest BCUT2D eigenvalue weighted by Gasteiger charge is 2.19. The van der Waals surface area contributed by atoms with E-state index in [1.807, 2.05) is 24.3 Å². The number of carboxylic acids is 2. The standard InChI is InChI=1S/C27H28F2N2OS.C2H2O4/c1-19(32)30-18-26-11-10-25(33-26)14-17-31-15-12-22(13-16-31)27(20-2-6-23(28)7-3-20)21-4-8-24(29)9-5-21;3-1(4)2(5)6/h2-11H,12-18H2,1H3,(H,30,32);(H,3,4)(H,5,6). The first-order chi connectivity index (χ1) is 18.6. The summed E-state index contributed by atoms with van der Waals surface area (Å²) in [6.07, 6.45) is 2.86. The van der Waals surface area contributed by atoms with Crippen LogP contribution in [0.1, 0.15) is 40.6 Å². The van der Waals surface area contributed by atoms with Crippen molar-refractivity contribution in [2.24, 2.45) is 0 Å². The highest BCUT2D eigenvalue weighted by molar-refractivity contribution is 7.12. The van der Waals surface area contributed by atoms with Gasteiger partial charge < -0.3 is 20.4 Å². The summed E-state index contributed by atoms with van der Waals surface area (Å²) in [6, 6.07) is 17.4. The molecule has 2 heterocycles. The fourth-order valence-electron chi connectivity index (χ4n) is 4.24. The first-order valence-corrected chi connectivity index (χ1v) is 13.2. The van der Waals surface area contributed by atoms with Crippen molar-refractivity contribution in [1.82, 2.24) is 10.2 Å². The number of carboxylic acid groups (broad SMARTS) is 2. The number of halogens is 2. The molecule has 206 valence electrons. The fraction of sp³-hybridized carbons (Fsp3) is 0.276. The first kappa shape index (κ1) is 29.7. The highest BCUT2D eigenvalue weighted by Crippen LogP contribution is 2.33. The second kappa shape index (κ2) is 14.3. The average molecular weight is 557 g/mol. The van der Waals surface area contributed by atoms with Gasteiger partial charge >= 0.3 is 11.9 Å². The third kappa shape index (κ3) is 9.42. The monoisotopic (exact) mass is 556 g/mol. The zero-order valence-electron chi connectivity index (χ0n) is 21.5. The molecule has 0 bridgehead atoms. The molecule has 0 saturated carbocycles. The van der Waals surface area contributed by atoms with Gasteiger partial charge in [0.1, 0.15) is 11.6 Å². The maximum Gasteiger partial charge on any atom is 0.414 e. The topological polar surface area (TPSA) is 107 Å². The summed E-state index contributed by atoms with van der Waals surface area (Å²) in [5.41, 5.74) is 4.36. The molecule has 1 aliphatic heterocycles. The fourth-order valence-corrected chi connectivity index (χ4v) is 5.18. The van der Waals surface area contributed by atoms with E-state index in [0.29, 0.717) is 6.54 Å². The molecule has 2 aromatic carbocycles. The van der Waals surface area contributed by atoms with E-state index in [0.717, 1.165) is 55.6 Å². The number of benzene rings is 2. The molecule has 1 saturated heterocycles. The van der Waals surface area contributed by atoms with Gasteiger partial charge in [0.05, 0.1) is 6.54 Å². The molecule has 0 aliphatic carbocycles. The molecule has 0 radical (unpaired) electrons. The van der Waals surface area contributed by atoms with Crippen molar-refractivity contribution in [3.63, 3.8) is 0 Å². The highest BCUT2D eigenvalue weighted by atomic mass is 32.1. The molecule has 4 rings (SSSR count). The van der Waals surface area contributed by atoms with Gasteiger partial charge in [0.25, 0.3) is 0 Å². The van der Waals surface area contributed by atoms with Crippen molar-refractivity contribution >= 4 is 34.8 Å². The second-order valence-corrected chi connectivity index (χ2v) is 10.2. The molecule has 3 aromatic rings. The van der Waals surface area contributed by atoms with Crippen molar-refractivity contribution < 1.29 is 33.4 Å². The van der Waals surface area contributed by atoms with Crippen LogP contribution in [0.25, 0.3) is 5.57 Å². The van der Waals surface area contributed by atoms with Crippen LogP contribution < -0.4 is 5.32 Å². The van der Waals surface area contributed by atoms with Gasteiger partial charge in [-0.05, 0) is 72.4 Å². The van der Waals surface area contributed by atoms with Gasteiger partial charge in [-0.15, -0.1) is 11.3 Å². The van der Waals surface area contributed by atoms with Crippen LogP contribution in [-0.2, 0) is 27.3 Å². The number of carbonyl (C=O) groups is 3. The first-order valence-electron chi connectivity index (χ1n) is 12.4. The van der Waals surface area contributed by atoms with Crippen LogP contribution in [0, 0.1) is 11.6 Å². The van der Waals surface area contributed by atoms with Crippen LogP contribution in [0.4, 0.5) is 8.78 Å². The minimum atomic E-state index is -1.82. The Balaban J connectivity index is 0.000000631. The number of piperidine rings is 1. The predicted octanol–water partition coefficient (Wildman–Crippen LogP) is 4.96. The second-order valence-electron chi connectivity index (χ2n) is 8.97. The lowest BCUT2D eigenvalue weighted by Crippen LogP contribution is -2.32. The third-order valence-electron chi connectivity index (χ3n) is 6.17. The molecule has 1 amide bonds. The number of rotatable bonds is 7. The molecular weight excluding hydrogens is 526 g/mol. The molecule has 1 aromatic heterocycles. The Bertz CT molecular complexity index is 1250. The Hall–Kier alpha value is -3.89. The SMILES string of the molecule is CC(=O)NCc1ccc(CCN2CCC(=C(c3ccc(F)cc3)c3ccc(F)cc3)CC2)s1.O=C(O)C(=O)O. The zero-order chi connectivity index (χ0) is 28.4. The van der Waals surface area contributed by atoms with Gasteiger partial charge in [-0.2, -0.15) is 0 Å². The number of hydrogen-bond acceptors (Lipinski definition) is 5. The normalized spacial score (nSPS) is 13.3. The Labute approximate surface area is 229 Å². The summed E-state index contributed by atoms with van der Waals surface area (Å²) in [5.74, 6) is -4.18. The average Bonchev–Trinajstić information content (AvgIpc) is 3.37. The maximum absolute atomic E-state index is 13.5. The van der Waals surface area contributed by atoms with E-state index in [4.69, 9.17) is 19.8 Å². The Morgan fingerprint density at radius 2 is 1.31 bits per heavy atom. The number of hydrogen-bond donors (Lipinski definition) is 3. The van der Waals surface area contributed by atoms with Gasteiger partial charge in [-0.1, -0.05) is 29.8 Å². The van der Waals surface area contributed by atoms with Crippen molar-refractivity contribution in [3.8, 4) is 0 Å². The lowest BCUT2D eigenvalue weighted by Gasteiger charge is -2.30. The lowest BCUT2D eigenvalue weighted by molar-refractivity contribution is -0.159. The van der Waals surface area contributed by atoms with Crippen LogP contribution in [-0.4, -0.2) is 52.6 Å². The molecule has 3 N–H and O–H groups in total. The molecule has 10 heteroatoms. The van der Waals surface area contributed by atoms with Crippen LogP contribution in [0.2, 0.25) is 0 Å². The maximum atomic E-state index is 13.5. The minimum Gasteiger partial charge on any atom is -0.473 e. The van der Waals surface area contributed by atoms with Gasteiger partial charge in [0.2, 0.25) is 5.91 Å². The quantitative estimate of drug-likeness (QED) is 0.355. The van der Waals surface area contributed by atoms with Crippen molar-refractivity contribution in [2.75, 3.05) is 19.6 Å². The van der Waals surface area contributed by atoms with E-state index in [2.05, 4.69) is 22.3 Å². The summed E-state index contributed by atoms with van der Waals surface area (Å²) in [7, 11) is 0. The number of carbonyl (C=O) groups excluding carboxylic acids is 1. The molecule has 7 nitrogen and oxygen atoms in total. The molecule has 0 spiro atoms. The number of nitrogens with zero attached hydrogens (tertiary/aromatic N) is 1. The number of likely N-dealkylation sites (tertiary alicyclic amines) is 1. The third-order valence-corrected chi connectivity index (χ3v) is 7.31. The summed E-state index contributed by atoms with van der Waals surface area (Å²) in [6.45, 7) is 5.05. The number of thiophene rings is 1. The number of nitrogens with one attached hydrogen (secondary N) is 1. The zero-order valence-corrected chi connectivity index (χ0v) is 22.3. The van der Waals surface area contributed by atoms with Crippen LogP contribution in [0.15, 0.2) is 66.2 Å². The van der Waals surface area contributed by atoms with Gasteiger partial charge in [-0.25, -0.2) is 18.4 Å². The Kier molecular flexibility index (Phi) is 10.9. The lowest BCUT2D eigenvalue weighted by atomic mass is 9.88. The van der Waals surface area contributed by atoms with Crippen LogP contribution in [0.3, 0.4) is 0 Å². The van der Waals surface area contributed by atoms with Crippen LogP contribution >= 0.6 is 11.3 Å². The number of aliphatic carboxylic acids is 2. The van der Waals surface area contributed by atoms with E-state index in [1.165, 1.54) is 46.5 Å². The smallest absolute Gasteiger partial charge is 0.414 e. The van der Waals surface area contributed by atoms with Crippen molar-refractivity contribution in [2.45, 2.75) is 32.7 Å². The summed E-state index contributed by atoms with van der Waals surface area (Å²) in [4.78, 5) is 34.3. The van der Waals surface area contributed by atoms with Crippen LogP contribution in [0.5, 0.6) is 0 Å². The van der Waals surface area contributed by atoms with Gasteiger partial charge in [0, 0.05) is 36.3 Å². The predicted molar refractivity (Wildman–Crippen MR) is 145 cm³/mol. The van der Waals surface area contributed by atoms with E-state index < -0.39 is 11.9 Å². The van der Waals surface area contributed by atoms with E-state index in [-0.39, 0.29) is 17.5 Å². The van der Waals surface area contributed by atoms with Crippen molar-refractivity contribution in [1.29, 1.82) is 0 Å². The van der Waals surface area contributed by atoms with Crippen molar-refractivity contribution in [3.05, 3.63) is 98.8 Å². The largest absolute Gasteiger partial charge is 0.473 e. The molecule has 0 unspecified atom stereocenters. The Morgan fingerprint density at radius 3 is 1.77 bits per heavy atom. The molecule has 1 aliphatic rings. The van der Waals surface area contributed by atoms with E-state index >= 15 is 0 Å². The molecule has 39 heavy (non-hydrogen) atoms. The molecular formula is C29H30F2N2O5S. The summed E-state index contributed by atoms with van der Waals surface area (Å²) in [5, 5.41) is 17.6. The molecule has 0 atom stereocenters. The summed E-state index contributed by atoms with van der Waals surface area (Å²) >= 11 is 1.75. The molecule has 1 fully saturated rings. The minimum absolute atomic E-state index is 0.0113.